The molecule has 0 bridgehead atoms. The lowest BCUT2D eigenvalue weighted by Crippen LogP contribution is -2.33. The van der Waals surface area contributed by atoms with Gasteiger partial charge in [-0.25, -0.2) is 8.42 Å². The van der Waals surface area contributed by atoms with Crippen LogP contribution in [0.1, 0.15) is 142 Å². The first-order valence-corrected chi connectivity index (χ1v) is 17.0. The van der Waals surface area contributed by atoms with Crippen LogP contribution in [0.25, 0.3) is 0 Å². The molecule has 0 saturated heterocycles. The van der Waals surface area contributed by atoms with E-state index in [1.165, 1.54) is 103 Å². The molecule has 0 N–H and O–H groups in total. The molecule has 0 aliphatic heterocycles. The highest BCUT2D eigenvalue weighted by Crippen LogP contribution is 2.21. The number of sulfonamides is 1. The Kier molecular flexibility index (Phi) is 20.2. The van der Waals surface area contributed by atoms with Crippen molar-refractivity contribution in [2.24, 2.45) is 0 Å². The number of rotatable bonds is 24. The van der Waals surface area contributed by atoms with Crippen LogP contribution in [0.2, 0.25) is 0 Å². The van der Waals surface area contributed by atoms with Crippen LogP contribution in [-0.2, 0) is 10.0 Å². The minimum atomic E-state index is -3.43. The Balaban J connectivity index is 2.38. The second kappa shape index (κ2) is 21.7. The van der Waals surface area contributed by atoms with E-state index in [4.69, 9.17) is 0 Å². The second-order valence-electron chi connectivity index (χ2n) is 10.2. The van der Waals surface area contributed by atoms with Crippen molar-refractivity contribution in [3.63, 3.8) is 0 Å². The van der Waals surface area contributed by atoms with E-state index in [1.54, 1.807) is 16.4 Å². The monoisotopic (exact) mass is 571 g/mol. The fraction of sp³-hybridized carbons (Fsp3) is 0.800. The van der Waals surface area contributed by atoms with Crippen molar-refractivity contribution in [1.82, 2.24) is 4.31 Å². The number of benzene rings is 1. The summed E-state index contributed by atoms with van der Waals surface area (Å²) in [5, 5.41) is 0. The summed E-state index contributed by atoms with van der Waals surface area (Å²) in [5.74, 6) is 0. The Morgan fingerprint density at radius 3 is 1.20 bits per heavy atom. The van der Waals surface area contributed by atoms with E-state index >= 15 is 0 Å². The number of nitrogens with zero attached hydrogens (tertiary/aromatic N) is 1. The van der Waals surface area contributed by atoms with Crippen LogP contribution in [0.3, 0.4) is 0 Å². The molecule has 0 aliphatic rings. The van der Waals surface area contributed by atoms with E-state index in [2.05, 4.69) is 29.8 Å². The Labute approximate surface area is 227 Å². The van der Waals surface area contributed by atoms with Crippen molar-refractivity contribution in [3.8, 4) is 0 Å². The zero-order chi connectivity index (χ0) is 25.6. The zero-order valence-corrected chi connectivity index (χ0v) is 25.3. The van der Waals surface area contributed by atoms with Gasteiger partial charge in [-0.05, 0) is 37.1 Å². The topological polar surface area (TPSA) is 37.4 Å². The lowest BCUT2D eigenvalue weighted by Gasteiger charge is -2.22. The molecule has 1 rings (SSSR count). The summed E-state index contributed by atoms with van der Waals surface area (Å²) in [6.45, 7) is 5.81. The van der Waals surface area contributed by atoms with Gasteiger partial charge in [0.1, 0.15) is 0 Å². The SMILES string of the molecule is CCCCCCCCCCCCN(CCCCCCCCCCCC)S(=O)(=O)c1ccc(Br)cc1. The van der Waals surface area contributed by atoms with Crippen molar-refractivity contribution in [3.05, 3.63) is 28.7 Å². The predicted octanol–water partition coefficient (Wildman–Crippen LogP) is 10.3. The molecule has 0 spiro atoms. The first-order valence-electron chi connectivity index (χ1n) is 14.8. The molecule has 0 amide bonds. The molecule has 5 heteroatoms. The molecule has 0 saturated carbocycles. The van der Waals surface area contributed by atoms with E-state index in [9.17, 15) is 8.42 Å². The van der Waals surface area contributed by atoms with Crippen LogP contribution in [0.4, 0.5) is 0 Å². The summed E-state index contributed by atoms with van der Waals surface area (Å²) in [6, 6.07) is 7.10. The molecule has 0 heterocycles. The molecule has 0 aliphatic carbocycles. The molecule has 1 aromatic carbocycles. The van der Waals surface area contributed by atoms with Crippen LogP contribution in [0.15, 0.2) is 33.6 Å². The van der Waals surface area contributed by atoms with Crippen LogP contribution < -0.4 is 0 Å². The maximum Gasteiger partial charge on any atom is 0.243 e. The second-order valence-corrected chi connectivity index (χ2v) is 13.1. The Bertz CT molecular complexity index is 682. The molecule has 3 nitrogen and oxygen atoms in total. The largest absolute Gasteiger partial charge is 0.243 e. The summed E-state index contributed by atoms with van der Waals surface area (Å²) in [4.78, 5) is 0.417. The number of halogens is 1. The maximum atomic E-state index is 13.3. The lowest BCUT2D eigenvalue weighted by atomic mass is 10.1. The van der Waals surface area contributed by atoms with Crippen molar-refractivity contribution in [2.45, 2.75) is 147 Å². The lowest BCUT2D eigenvalue weighted by molar-refractivity contribution is 0.383. The van der Waals surface area contributed by atoms with Gasteiger partial charge in [0.15, 0.2) is 0 Å². The van der Waals surface area contributed by atoms with E-state index in [0.717, 1.165) is 30.2 Å². The van der Waals surface area contributed by atoms with Crippen molar-refractivity contribution < 1.29 is 8.42 Å². The smallest absolute Gasteiger partial charge is 0.207 e. The van der Waals surface area contributed by atoms with Gasteiger partial charge in [-0.2, -0.15) is 4.31 Å². The molecule has 0 fully saturated rings. The maximum absolute atomic E-state index is 13.3. The van der Waals surface area contributed by atoms with Crippen LogP contribution in [0.5, 0.6) is 0 Å². The van der Waals surface area contributed by atoms with Gasteiger partial charge < -0.3 is 0 Å². The van der Waals surface area contributed by atoms with E-state index in [0.29, 0.717) is 18.0 Å². The fourth-order valence-corrected chi connectivity index (χ4v) is 6.44. The molecule has 1 aromatic rings. The summed E-state index contributed by atoms with van der Waals surface area (Å²) < 4.78 is 29.3. The third-order valence-corrected chi connectivity index (χ3v) is 9.42. The van der Waals surface area contributed by atoms with E-state index < -0.39 is 10.0 Å². The molecule has 0 radical (unpaired) electrons. The average molecular weight is 573 g/mol. The van der Waals surface area contributed by atoms with Gasteiger partial charge in [-0.15, -0.1) is 0 Å². The highest BCUT2D eigenvalue weighted by molar-refractivity contribution is 9.10. The summed E-state index contributed by atoms with van der Waals surface area (Å²) >= 11 is 3.42. The number of hydrogen-bond donors (Lipinski definition) is 0. The molecule has 0 unspecified atom stereocenters. The third-order valence-electron chi connectivity index (χ3n) is 6.97. The fourth-order valence-electron chi connectivity index (χ4n) is 4.66. The minimum absolute atomic E-state index is 0.417. The van der Waals surface area contributed by atoms with E-state index in [-0.39, 0.29) is 0 Å². The van der Waals surface area contributed by atoms with Gasteiger partial charge in [0, 0.05) is 17.6 Å². The highest BCUT2D eigenvalue weighted by Gasteiger charge is 2.23. The Morgan fingerprint density at radius 2 is 0.857 bits per heavy atom. The van der Waals surface area contributed by atoms with Gasteiger partial charge in [0.05, 0.1) is 4.90 Å². The normalized spacial score (nSPS) is 12.0. The van der Waals surface area contributed by atoms with Gasteiger partial charge in [0.25, 0.3) is 0 Å². The van der Waals surface area contributed by atoms with Crippen molar-refractivity contribution in [2.75, 3.05) is 13.1 Å². The van der Waals surface area contributed by atoms with Gasteiger partial charge in [-0.3, -0.25) is 0 Å². The van der Waals surface area contributed by atoms with Crippen LogP contribution in [0, 0.1) is 0 Å². The van der Waals surface area contributed by atoms with Gasteiger partial charge in [-0.1, -0.05) is 145 Å². The number of unbranched alkanes of at least 4 members (excludes halogenated alkanes) is 18. The first-order chi connectivity index (χ1) is 17.0. The molecule has 0 atom stereocenters. The van der Waals surface area contributed by atoms with Crippen LogP contribution >= 0.6 is 15.9 Å². The summed E-state index contributed by atoms with van der Waals surface area (Å²) in [7, 11) is -3.43. The van der Waals surface area contributed by atoms with Crippen LogP contribution in [-0.4, -0.2) is 25.8 Å². The van der Waals surface area contributed by atoms with Crippen molar-refractivity contribution in [1.29, 1.82) is 0 Å². The third kappa shape index (κ3) is 16.1. The molecule has 0 aromatic heterocycles. The highest BCUT2D eigenvalue weighted by atomic mass is 79.9. The Morgan fingerprint density at radius 1 is 0.543 bits per heavy atom. The average Bonchev–Trinajstić information content (AvgIpc) is 2.85. The first kappa shape index (κ1) is 32.6. The van der Waals surface area contributed by atoms with Gasteiger partial charge >= 0.3 is 0 Å². The quantitative estimate of drug-likeness (QED) is 0.116. The van der Waals surface area contributed by atoms with Crippen molar-refractivity contribution >= 4 is 26.0 Å². The predicted molar refractivity (Wildman–Crippen MR) is 157 cm³/mol. The Hall–Kier alpha value is -0.390. The molecular weight excluding hydrogens is 518 g/mol. The summed E-state index contributed by atoms with van der Waals surface area (Å²) in [6.07, 6.45) is 25.3. The summed E-state index contributed by atoms with van der Waals surface area (Å²) in [5.41, 5.74) is 0. The molecule has 35 heavy (non-hydrogen) atoms. The zero-order valence-electron chi connectivity index (χ0n) is 22.9. The van der Waals surface area contributed by atoms with E-state index in [1.807, 2.05) is 12.1 Å². The van der Waals surface area contributed by atoms with Gasteiger partial charge in [0.2, 0.25) is 10.0 Å². The molecular formula is C30H54BrNO2S. The standard InChI is InChI=1S/C30H54BrNO2S/c1-3-5-7-9-11-13-15-17-19-21-27-32(35(33,34)30-25-23-29(31)24-26-30)28-22-20-18-16-14-12-10-8-6-4-2/h23-26H,3-22,27-28H2,1-2H3. The number of hydrogen-bond acceptors (Lipinski definition) is 2. The molecule has 204 valence electrons. The minimum Gasteiger partial charge on any atom is -0.207 e.